The van der Waals surface area contributed by atoms with Gasteiger partial charge in [-0.25, -0.2) is 4.39 Å². The van der Waals surface area contributed by atoms with Gasteiger partial charge in [-0.15, -0.1) is 0 Å². The number of allylic oxidation sites excluding steroid dienone is 1. The van der Waals surface area contributed by atoms with Gasteiger partial charge in [0.15, 0.2) is 0 Å². The Morgan fingerprint density at radius 1 is 0.933 bits per heavy atom. The van der Waals surface area contributed by atoms with Gasteiger partial charge in [0.2, 0.25) is 5.91 Å². The van der Waals surface area contributed by atoms with Gasteiger partial charge < -0.3 is 5.32 Å². The number of fused-ring (bicyclic) bond motifs is 2. The smallest absolute Gasteiger partial charge is 0.351 e. The Bertz CT molecular complexity index is 1600. The number of halogens is 7. The number of carbonyl (C=O) groups is 1. The average Bonchev–Trinajstić information content (AvgIpc) is 3.61. The molecule has 1 heterocycles. The molecule has 1 saturated carbocycles. The zero-order valence-electron chi connectivity index (χ0n) is 24.6. The molecule has 1 aliphatic heterocycles. The normalized spacial score (nSPS) is 26.8. The molecule has 2 aliphatic carbocycles. The third-order valence-corrected chi connectivity index (χ3v) is 10.1. The Labute approximate surface area is 257 Å². The summed E-state index contributed by atoms with van der Waals surface area (Å²) in [6.45, 7) is 3.26. The van der Waals surface area contributed by atoms with E-state index >= 15 is 0 Å². The number of hydrogen-bond acceptors (Lipinski definition) is 2. The van der Waals surface area contributed by atoms with Crippen LogP contribution in [0.25, 0.3) is 6.08 Å². The highest BCUT2D eigenvalue weighted by Crippen LogP contribution is 2.50. The molecule has 3 aromatic rings. The van der Waals surface area contributed by atoms with Crippen LogP contribution in [0, 0.1) is 11.7 Å². The van der Waals surface area contributed by atoms with Crippen molar-refractivity contribution in [2.45, 2.75) is 68.4 Å². The molecule has 238 valence electrons. The largest absolute Gasteiger partial charge is 0.416 e. The van der Waals surface area contributed by atoms with Crippen molar-refractivity contribution >= 4 is 12.0 Å². The van der Waals surface area contributed by atoms with Gasteiger partial charge in [0.05, 0.1) is 16.5 Å². The Morgan fingerprint density at radius 3 is 2.31 bits per heavy atom. The fourth-order valence-electron chi connectivity index (χ4n) is 7.74. The molecule has 2 unspecified atom stereocenters. The van der Waals surface area contributed by atoms with Gasteiger partial charge in [-0.2, -0.15) is 26.3 Å². The molecule has 3 aromatic carbocycles. The van der Waals surface area contributed by atoms with Crippen molar-refractivity contribution in [2.75, 3.05) is 13.1 Å². The summed E-state index contributed by atoms with van der Waals surface area (Å²) in [5.41, 5.74) is -1.49. The molecule has 4 atom stereocenters. The first kappa shape index (κ1) is 31.3. The minimum atomic E-state index is -5.00. The van der Waals surface area contributed by atoms with Crippen LogP contribution in [0.1, 0.15) is 66.0 Å². The third-order valence-electron chi connectivity index (χ3n) is 10.1. The summed E-state index contributed by atoms with van der Waals surface area (Å²) in [7, 11) is 0. The second-order valence-electron chi connectivity index (χ2n) is 12.7. The molecule has 10 heteroatoms. The van der Waals surface area contributed by atoms with Crippen molar-refractivity contribution in [3.05, 3.63) is 112 Å². The fraction of sp³-hybridized carbons (Fsp3) is 0.400. The van der Waals surface area contributed by atoms with Crippen LogP contribution >= 0.6 is 0 Å². The Morgan fingerprint density at radius 2 is 1.64 bits per heavy atom. The second-order valence-corrected chi connectivity index (χ2v) is 12.7. The molecule has 3 nitrogen and oxygen atoms in total. The van der Waals surface area contributed by atoms with Gasteiger partial charge >= 0.3 is 12.4 Å². The van der Waals surface area contributed by atoms with Gasteiger partial charge in [0.25, 0.3) is 0 Å². The van der Waals surface area contributed by atoms with Crippen LogP contribution < -0.4 is 5.32 Å². The number of benzene rings is 3. The van der Waals surface area contributed by atoms with Crippen LogP contribution in [-0.2, 0) is 34.5 Å². The van der Waals surface area contributed by atoms with Crippen LogP contribution in [0.15, 0.2) is 72.8 Å². The highest BCUT2D eigenvalue weighted by atomic mass is 19.4. The van der Waals surface area contributed by atoms with E-state index in [1.807, 2.05) is 6.07 Å². The number of rotatable bonds is 5. The Hall–Kier alpha value is -3.66. The maximum absolute atomic E-state index is 14.4. The van der Waals surface area contributed by atoms with Gasteiger partial charge in [-0.1, -0.05) is 55.5 Å². The molecule has 1 spiro atoms. The highest BCUT2D eigenvalue weighted by Gasteiger charge is 2.51. The van der Waals surface area contributed by atoms with Gasteiger partial charge in [0, 0.05) is 24.5 Å². The number of nitrogens with zero attached hydrogens (tertiary/aromatic N) is 1. The predicted octanol–water partition coefficient (Wildman–Crippen LogP) is 8.28. The first-order valence-electron chi connectivity index (χ1n) is 15.1. The van der Waals surface area contributed by atoms with Crippen molar-refractivity contribution in [1.82, 2.24) is 10.2 Å². The first-order valence-corrected chi connectivity index (χ1v) is 15.1. The molecule has 1 N–H and O–H groups in total. The van der Waals surface area contributed by atoms with Gasteiger partial charge in [-0.3, -0.25) is 9.69 Å². The van der Waals surface area contributed by atoms with E-state index in [1.54, 1.807) is 6.07 Å². The average molecular weight is 631 g/mol. The standard InChI is InChI=1S/C35H33F7N2O/c1-22-21-44(14-13-32(22)11-9-24-5-2-3-8-30(24)32)29-10-12-33(19-29,25-6-4-7-28(36)18-25)31(45)43-20-23-15-26(34(37,38)39)17-27(16-23)35(40,41)42/h2-9,11,15-18,22,29H,10,12-14,19-21H2,1H3,(H,43,45)/t22-,29?,32-,33?/m0/s1. The molecule has 0 bridgehead atoms. The van der Waals surface area contributed by atoms with E-state index in [9.17, 15) is 35.5 Å². The Balaban J connectivity index is 1.23. The number of likely N-dealkylation sites (tertiary alicyclic amines) is 1. The van der Waals surface area contributed by atoms with Crippen molar-refractivity contribution in [3.8, 4) is 0 Å². The quantitative estimate of drug-likeness (QED) is 0.288. The maximum atomic E-state index is 14.4. The molecular formula is C35H33F7N2O. The van der Waals surface area contributed by atoms with E-state index in [1.165, 1.54) is 29.3 Å². The van der Waals surface area contributed by atoms with E-state index < -0.39 is 47.2 Å². The van der Waals surface area contributed by atoms with Crippen LogP contribution in [0.4, 0.5) is 30.7 Å². The minimum Gasteiger partial charge on any atom is -0.351 e. The summed E-state index contributed by atoms with van der Waals surface area (Å²) < 4.78 is 95.0. The predicted molar refractivity (Wildman–Crippen MR) is 157 cm³/mol. The van der Waals surface area contributed by atoms with Crippen molar-refractivity contribution in [2.24, 2.45) is 5.92 Å². The minimum absolute atomic E-state index is 0.00941. The van der Waals surface area contributed by atoms with Crippen LogP contribution in [0.5, 0.6) is 0 Å². The lowest BCUT2D eigenvalue weighted by Gasteiger charge is -2.46. The molecule has 2 fully saturated rings. The fourth-order valence-corrected chi connectivity index (χ4v) is 7.74. The summed E-state index contributed by atoms with van der Waals surface area (Å²) in [5, 5.41) is 2.62. The molecule has 3 aliphatic rings. The Kier molecular flexibility index (Phi) is 7.86. The lowest BCUT2D eigenvalue weighted by Crippen LogP contribution is -2.51. The third kappa shape index (κ3) is 5.77. The summed E-state index contributed by atoms with van der Waals surface area (Å²) in [4.78, 5) is 16.3. The molecular weight excluding hydrogens is 597 g/mol. The van der Waals surface area contributed by atoms with Gasteiger partial charge in [0.1, 0.15) is 5.82 Å². The SMILES string of the molecule is C[C@H]1CN(C2CCC(C(=O)NCc3cc(C(F)(F)F)cc(C(F)(F)F)c3)(c3cccc(F)c3)C2)CC[C@@]12C=Cc1ccccc12. The van der Waals surface area contributed by atoms with E-state index in [2.05, 4.69) is 47.5 Å². The highest BCUT2D eigenvalue weighted by molar-refractivity contribution is 5.88. The van der Waals surface area contributed by atoms with Crippen molar-refractivity contribution in [1.29, 1.82) is 0 Å². The van der Waals surface area contributed by atoms with Gasteiger partial charge in [-0.05, 0) is 90.7 Å². The molecule has 0 radical (unpaired) electrons. The number of carbonyl (C=O) groups excluding carboxylic acids is 1. The number of hydrogen-bond donors (Lipinski definition) is 1. The zero-order chi connectivity index (χ0) is 32.2. The van der Waals surface area contributed by atoms with Crippen LogP contribution in [-0.4, -0.2) is 29.9 Å². The van der Waals surface area contributed by atoms with Crippen LogP contribution in [0.2, 0.25) is 0 Å². The van der Waals surface area contributed by atoms with Crippen LogP contribution in [0.3, 0.4) is 0 Å². The summed E-state index contributed by atoms with van der Waals surface area (Å²) >= 11 is 0. The molecule has 0 aromatic heterocycles. The summed E-state index contributed by atoms with van der Waals surface area (Å²) in [6.07, 6.45) is -3.27. The zero-order valence-corrected chi connectivity index (χ0v) is 24.6. The summed E-state index contributed by atoms with van der Waals surface area (Å²) in [6, 6.07) is 15.4. The number of amides is 1. The maximum Gasteiger partial charge on any atom is 0.416 e. The summed E-state index contributed by atoms with van der Waals surface area (Å²) in [5.74, 6) is -0.792. The number of piperidine rings is 1. The molecule has 6 rings (SSSR count). The van der Waals surface area contributed by atoms with Crippen molar-refractivity contribution < 1.29 is 35.5 Å². The van der Waals surface area contributed by atoms with E-state index in [-0.39, 0.29) is 29.0 Å². The van der Waals surface area contributed by atoms with E-state index in [0.717, 1.165) is 19.5 Å². The van der Waals surface area contributed by atoms with Crippen molar-refractivity contribution in [3.63, 3.8) is 0 Å². The lowest BCUT2D eigenvalue weighted by atomic mass is 9.67. The topological polar surface area (TPSA) is 32.3 Å². The lowest BCUT2D eigenvalue weighted by molar-refractivity contribution is -0.143. The first-order chi connectivity index (χ1) is 21.2. The molecule has 1 amide bonds. The number of alkyl halides is 6. The van der Waals surface area contributed by atoms with E-state index in [4.69, 9.17) is 0 Å². The molecule has 1 saturated heterocycles. The molecule has 45 heavy (non-hydrogen) atoms. The second kappa shape index (κ2) is 11.3. The monoisotopic (exact) mass is 630 g/mol. The number of nitrogens with one attached hydrogen (secondary N) is 1. The van der Waals surface area contributed by atoms with E-state index in [0.29, 0.717) is 37.0 Å².